The fraction of sp³-hybridized carbons (Fsp3) is 0.294. The summed E-state index contributed by atoms with van der Waals surface area (Å²) in [4.78, 5) is 2.37. The first-order chi connectivity index (χ1) is 10.3. The lowest BCUT2D eigenvalue weighted by Crippen LogP contribution is -2.22. The Balaban J connectivity index is 2.14. The maximum Gasteiger partial charge on any atom is 0.238 e. The van der Waals surface area contributed by atoms with Gasteiger partial charge in [-0.25, -0.2) is 13.6 Å². The van der Waals surface area contributed by atoms with Crippen molar-refractivity contribution < 1.29 is 8.42 Å². The van der Waals surface area contributed by atoms with Gasteiger partial charge in [-0.05, 0) is 49.7 Å². The third-order valence-corrected chi connectivity index (χ3v) is 4.96. The molecular weight excluding hydrogens is 296 g/mol. The summed E-state index contributed by atoms with van der Waals surface area (Å²) in [6.07, 6.45) is 0. The van der Waals surface area contributed by atoms with Crippen molar-refractivity contribution in [2.45, 2.75) is 31.3 Å². The van der Waals surface area contributed by atoms with E-state index < -0.39 is 10.0 Å². The fourth-order valence-electron chi connectivity index (χ4n) is 2.38. The van der Waals surface area contributed by atoms with Crippen LogP contribution in [0.4, 0.5) is 0 Å². The average Bonchev–Trinajstić information content (AvgIpc) is 2.48. The third-order valence-electron chi connectivity index (χ3n) is 4.03. The van der Waals surface area contributed by atoms with E-state index in [0.29, 0.717) is 0 Å². The van der Waals surface area contributed by atoms with E-state index in [4.69, 9.17) is 5.14 Å². The highest BCUT2D eigenvalue weighted by molar-refractivity contribution is 7.89. The molecule has 0 bridgehead atoms. The van der Waals surface area contributed by atoms with Gasteiger partial charge in [0.1, 0.15) is 0 Å². The molecule has 2 aromatic carbocycles. The minimum atomic E-state index is -3.63. The maximum atomic E-state index is 11.3. The van der Waals surface area contributed by atoms with Gasteiger partial charge in [-0.15, -0.1) is 0 Å². The Morgan fingerprint density at radius 3 is 2.23 bits per heavy atom. The molecule has 0 aromatic heterocycles. The van der Waals surface area contributed by atoms with Crippen LogP contribution in [0.5, 0.6) is 0 Å². The van der Waals surface area contributed by atoms with E-state index >= 15 is 0 Å². The van der Waals surface area contributed by atoms with Crippen LogP contribution in [0, 0.1) is 6.92 Å². The first-order valence-electron chi connectivity index (χ1n) is 7.16. The van der Waals surface area contributed by atoms with Crippen LogP contribution in [-0.4, -0.2) is 20.4 Å². The molecule has 0 saturated carbocycles. The number of hydrogen-bond acceptors (Lipinski definition) is 3. The minimum absolute atomic E-state index is 0.144. The van der Waals surface area contributed by atoms with Crippen molar-refractivity contribution in [1.29, 1.82) is 0 Å². The quantitative estimate of drug-likeness (QED) is 0.922. The molecule has 2 N–H and O–H groups in total. The van der Waals surface area contributed by atoms with Crippen molar-refractivity contribution in [3.63, 3.8) is 0 Å². The van der Waals surface area contributed by atoms with Crippen LogP contribution in [0.2, 0.25) is 0 Å². The molecular formula is C17H22N2O2S. The topological polar surface area (TPSA) is 63.4 Å². The lowest BCUT2D eigenvalue weighted by atomic mass is 10.0. The van der Waals surface area contributed by atoms with Crippen LogP contribution < -0.4 is 5.14 Å². The normalized spacial score (nSPS) is 13.3. The first-order valence-corrected chi connectivity index (χ1v) is 8.71. The van der Waals surface area contributed by atoms with Gasteiger partial charge < -0.3 is 0 Å². The monoisotopic (exact) mass is 318 g/mol. The zero-order valence-corrected chi connectivity index (χ0v) is 14.0. The van der Waals surface area contributed by atoms with Gasteiger partial charge in [0.05, 0.1) is 4.90 Å². The summed E-state index contributed by atoms with van der Waals surface area (Å²) in [5, 5.41) is 5.12. The number of sulfonamides is 1. The molecule has 0 saturated heterocycles. The van der Waals surface area contributed by atoms with E-state index in [0.717, 1.165) is 12.1 Å². The number of hydrogen-bond donors (Lipinski definition) is 1. The van der Waals surface area contributed by atoms with Crippen LogP contribution in [0.3, 0.4) is 0 Å². The molecule has 22 heavy (non-hydrogen) atoms. The zero-order valence-electron chi connectivity index (χ0n) is 13.2. The van der Waals surface area contributed by atoms with E-state index in [1.807, 2.05) is 24.3 Å². The molecule has 0 spiro atoms. The van der Waals surface area contributed by atoms with Crippen LogP contribution >= 0.6 is 0 Å². The predicted octanol–water partition coefficient (Wildman–Crippen LogP) is 2.84. The van der Waals surface area contributed by atoms with Gasteiger partial charge in [0.15, 0.2) is 0 Å². The Hall–Kier alpha value is -1.69. The molecule has 4 nitrogen and oxygen atoms in total. The van der Waals surface area contributed by atoms with Crippen LogP contribution in [-0.2, 0) is 16.6 Å². The molecule has 0 aliphatic heterocycles. The Labute approximate surface area is 132 Å². The van der Waals surface area contributed by atoms with Gasteiger partial charge >= 0.3 is 0 Å². The SMILES string of the molecule is Cc1ccccc1CN(C)[C@@H](C)c1ccc(S(N)(=O)=O)cc1. The summed E-state index contributed by atoms with van der Waals surface area (Å²) >= 11 is 0. The smallest absolute Gasteiger partial charge is 0.238 e. The Kier molecular flexibility index (Phi) is 5.01. The summed E-state index contributed by atoms with van der Waals surface area (Å²) in [6, 6.07) is 15.2. The van der Waals surface area contributed by atoms with Gasteiger partial charge in [-0.2, -0.15) is 0 Å². The first kappa shape index (κ1) is 16.7. The molecule has 0 radical (unpaired) electrons. The molecule has 0 heterocycles. The number of nitrogens with zero attached hydrogens (tertiary/aromatic N) is 1. The zero-order chi connectivity index (χ0) is 16.3. The minimum Gasteiger partial charge on any atom is -0.295 e. The van der Waals surface area contributed by atoms with Crippen LogP contribution in [0.15, 0.2) is 53.4 Å². The largest absolute Gasteiger partial charge is 0.295 e. The van der Waals surface area contributed by atoms with Gasteiger partial charge in [-0.3, -0.25) is 4.90 Å². The third kappa shape index (κ3) is 3.94. The van der Waals surface area contributed by atoms with Crippen molar-refractivity contribution in [2.24, 2.45) is 5.14 Å². The van der Waals surface area contributed by atoms with E-state index in [1.165, 1.54) is 11.1 Å². The maximum absolute atomic E-state index is 11.3. The van der Waals surface area contributed by atoms with E-state index in [-0.39, 0.29) is 10.9 Å². The van der Waals surface area contributed by atoms with Crippen molar-refractivity contribution in [2.75, 3.05) is 7.05 Å². The van der Waals surface area contributed by atoms with Gasteiger partial charge in [0.25, 0.3) is 0 Å². The van der Waals surface area contributed by atoms with E-state index in [2.05, 4.69) is 37.9 Å². The van der Waals surface area contributed by atoms with Crippen molar-refractivity contribution in [3.05, 3.63) is 65.2 Å². The van der Waals surface area contributed by atoms with Gasteiger partial charge in [0, 0.05) is 12.6 Å². The standard InChI is InChI=1S/C17H22N2O2S/c1-13-6-4-5-7-16(13)12-19(3)14(2)15-8-10-17(11-9-15)22(18,20)21/h4-11,14H,12H2,1-3H3,(H2,18,20,21)/t14-/m0/s1. The highest BCUT2D eigenvalue weighted by atomic mass is 32.2. The summed E-state index contributed by atoms with van der Waals surface area (Å²) in [6.45, 7) is 5.05. The van der Waals surface area contributed by atoms with Crippen LogP contribution in [0.1, 0.15) is 29.7 Å². The Bertz CT molecular complexity index is 740. The van der Waals surface area contributed by atoms with E-state index in [9.17, 15) is 8.42 Å². The Morgan fingerprint density at radius 1 is 1.09 bits per heavy atom. The summed E-state index contributed by atoms with van der Waals surface area (Å²) in [5.41, 5.74) is 3.62. The number of primary sulfonamides is 1. The van der Waals surface area contributed by atoms with Crippen molar-refractivity contribution >= 4 is 10.0 Å². The molecule has 0 amide bonds. The number of rotatable bonds is 5. The molecule has 2 aromatic rings. The lowest BCUT2D eigenvalue weighted by molar-refractivity contribution is 0.252. The average molecular weight is 318 g/mol. The van der Waals surface area contributed by atoms with E-state index in [1.54, 1.807) is 12.1 Å². The second-order valence-electron chi connectivity index (χ2n) is 5.63. The highest BCUT2D eigenvalue weighted by Gasteiger charge is 2.14. The highest BCUT2D eigenvalue weighted by Crippen LogP contribution is 2.22. The van der Waals surface area contributed by atoms with Gasteiger partial charge in [-0.1, -0.05) is 36.4 Å². The predicted molar refractivity (Wildman–Crippen MR) is 88.9 cm³/mol. The Morgan fingerprint density at radius 2 is 1.68 bits per heavy atom. The molecule has 0 aliphatic carbocycles. The molecule has 1 atom stereocenters. The molecule has 0 unspecified atom stereocenters. The molecule has 5 heteroatoms. The molecule has 0 fully saturated rings. The second kappa shape index (κ2) is 6.60. The number of benzene rings is 2. The van der Waals surface area contributed by atoms with Gasteiger partial charge in [0.2, 0.25) is 10.0 Å². The number of nitrogens with two attached hydrogens (primary N) is 1. The summed E-state index contributed by atoms with van der Waals surface area (Å²) < 4.78 is 22.6. The summed E-state index contributed by atoms with van der Waals surface area (Å²) in [5.74, 6) is 0. The fourth-order valence-corrected chi connectivity index (χ4v) is 2.90. The molecule has 2 rings (SSSR count). The summed E-state index contributed by atoms with van der Waals surface area (Å²) in [7, 11) is -1.57. The van der Waals surface area contributed by atoms with Crippen LogP contribution in [0.25, 0.3) is 0 Å². The second-order valence-corrected chi connectivity index (χ2v) is 7.19. The number of aryl methyl sites for hydroxylation is 1. The molecule has 118 valence electrons. The van der Waals surface area contributed by atoms with Crippen molar-refractivity contribution in [1.82, 2.24) is 4.90 Å². The van der Waals surface area contributed by atoms with Crippen molar-refractivity contribution in [3.8, 4) is 0 Å². The lowest BCUT2D eigenvalue weighted by Gasteiger charge is -2.26. The molecule has 0 aliphatic rings.